The van der Waals surface area contributed by atoms with Crippen LogP contribution in [0.1, 0.15) is 17.1 Å². The second kappa shape index (κ2) is 5.45. The summed E-state index contributed by atoms with van der Waals surface area (Å²) in [4.78, 5) is 14.7. The fourth-order valence-corrected chi connectivity index (χ4v) is 4.30. The lowest BCUT2D eigenvalue weighted by Crippen LogP contribution is -2.15. The van der Waals surface area contributed by atoms with Crippen LogP contribution in [0, 0.1) is 13.8 Å². The van der Waals surface area contributed by atoms with Gasteiger partial charge in [0, 0.05) is 12.4 Å². The minimum absolute atomic E-state index is 0.111. The Morgan fingerprint density at radius 2 is 2.14 bits per heavy atom. The quantitative estimate of drug-likeness (QED) is 0.842. The van der Waals surface area contributed by atoms with Crippen molar-refractivity contribution in [2.45, 2.75) is 25.2 Å². The van der Waals surface area contributed by atoms with E-state index in [-0.39, 0.29) is 16.4 Å². The molecule has 2 rings (SSSR count). The maximum atomic E-state index is 12.4. The van der Waals surface area contributed by atoms with Crippen molar-refractivity contribution >= 4 is 32.5 Å². The molecule has 0 saturated heterocycles. The van der Waals surface area contributed by atoms with Crippen LogP contribution in [-0.4, -0.2) is 34.3 Å². The molecular formula is C11H14N4O4S2. The van der Waals surface area contributed by atoms with E-state index in [4.69, 9.17) is 5.11 Å². The van der Waals surface area contributed by atoms with Gasteiger partial charge in [0.05, 0.1) is 23.5 Å². The average molecular weight is 330 g/mol. The molecule has 0 atom stereocenters. The van der Waals surface area contributed by atoms with E-state index in [2.05, 4.69) is 14.8 Å². The first-order chi connectivity index (χ1) is 9.70. The highest BCUT2D eigenvalue weighted by molar-refractivity contribution is 7.93. The van der Waals surface area contributed by atoms with Crippen LogP contribution in [0.15, 0.2) is 10.3 Å². The summed E-state index contributed by atoms with van der Waals surface area (Å²) >= 11 is 1.04. The molecule has 21 heavy (non-hydrogen) atoms. The largest absolute Gasteiger partial charge is 0.481 e. The van der Waals surface area contributed by atoms with Gasteiger partial charge in [-0.05, 0) is 13.8 Å². The highest BCUT2D eigenvalue weighted by Crippen LogP contribution is 2.24. The summed E-state index contributed by atoms with van der Waals surface area (Å²) in [6.45, 7) is 3.27. The molecule has 2 heterocycles. The van der Waals surface area contributed by atoms with Crippen molar-refractivity contribution in [3.05, 3.63) is 22.5 Å². The van der Waals surface area contributed by atoms with Gasteiger partial charge < -0.3 is 5.11 Å². The zero-order chi connectivity index (χ0) is 15.8. The predicted octanol–water partition coefficient (Wildman–Crippen LogP) is 0.921. The van der Waals surface area contributed by atoms with E-state index in [0.29, 0.717) is 17.1 Å². The summed E-state index contributed by atoms with van der Waals surface area (Å²) < 4.78 is 28.6. The molecule has 114 valence electrons. The van der Waals surface area contributed by atoms with Crippen molar-refractivity contribution in [1.29, 1.82) is 0 Å². The molecule has 0 spiro atoms. The molecular weight excluding hydrogens is 316 g/mol. The van der Waals surface area contributed by atoms with E-state index in [9.17, 15) is 13.2 Å². The monoisotopic (exact) mass is 330 g/mol. The fraction of sp³-hybridized carbons (Fsp3) is 0.364. The smallest absolute Gasteiger partial charge is 0.309 e. The van der Waals surface area contributed by atoms with Crippen LogP contribution in [0.25, 0.3) is 0 Å². The van der Waals surface area contributed by atoms with E-state index in [1.165, 1.54) is 10.1 Å². The van der Waals surface area contributed by atoms with Crippen LogP contribution in [0.4, 0.5) is 5.13 Å². The number of aromatic nitrogens is 3. The van der Waals surface area contributed by atoms with E-state index in [1.807, 2.05) is 0 Å². The Morgan fingerprint density at radius 1 is 1.48 bits per heavy atom. The number of aryl methyl sites for hydroxylation is 2. The number of thiazole rings is 1. The average Bonchev–Trinajstić information content (AvgIpc) is 2.83. The summed E-state index contributed by atoms with van der Waals surface area (Å²) in [6, 6.07) is 0. The molecule has 0 aromatic carbocycles. The number of aliphatic carboxylic acids is 1. The van der Waals surface area contributed by atoms with Gasteiger partial charge >= 0.3 is 5.97 Å². The molecule has 2 aromatic rings. The van der Waals surface area contributed by atoms with Crippen LogP contribution in [0.3, 0.4) is 0 Å². The molecule has 0 aliphatic heterocycles. The molecule has 0 amide bonds. The van der Waals surface area contributed by atoms with Crippen LogP contribution in [-0.2, 0) is 28.3 Å². The number of nitrogens with one attached hydrogen (secondary N) is 1. The van der Waals surface area contributed by atoms with Crippen LogP contribution in [0.2, 0.25) is 0 Å². The highest BCUT2D eigenvalue weighted by Gasteiger charge is 2.24. The fourth-order valence-electron chi connectivity index (χ4n) is 1.90. The molecule has 0 aliphatic carbocycles. The number of carboxylic acid groups (broad SMARTS) is 1. The number of hydrogen-bond acceptors (Lipinski definition) is 6. The zero-order valence-electron chi connectivity index (χ0n) is 11.6. The minimum Gasteiger partial charge on any atom is -0.481 e. The normalized spacial score (nSPS) is 11.6. The van der Waals surface area contributed by atoms with Gasteiger partial charge in [-0.15, -0.1) is 11.3 Å². The van der Waals surface area contributed by atoms with Crippen LogP contribution >= 0.6 is 11.3 Å². The number of carbonyl (C=O) groups is 1. The number of carboxylic acids is 1. The van der Waals surface area contributed by atoms with Crippen molar-refractivity contribution in [3.63, 3.8) is 0 Å². The van der Waals surface area contributed by atoms with Crippen molar-refractivity contribution in [2.75, 3.05) is 4.72 Å². The van der Waals surface area contributed by atoms with Gasteiger partial charge in [0.25, 0.3) is 10.0 Å². The van der Waals surface area contributed by atoms with E-state index >= 15 is 0 Å². The molecule has 0 fully saturated rings. The Labute approximate surface area is 125 Å². The molecule has 0 aliphatic rings. The lowest BCUT2D eigenvalue weighted by atomic mass is 10.3. The first-order valence-electron chi connectivity index (χ1n) is 5.90. The first kappa shape index (κ1) is 15.4. The zero-order valence-corrected chi connectivity index (χ0v) is 13.2. The molecule has 0 saturated carbocycles. The van der Waals surface area contributed by atoms with Gasteiger partial charge in [0.1, 0.15) is 4.90 Å². The second-order valence-corrected chi connectivity index (χ2v) is 6.92. The molecule has 0 unspecified atom stereocenters. The molecule has 0 radical (unpaired) electrons. The number of hydrogen-bond donors (Lipinski definition) is 2. The Morgan fingerprint density at radius 3 is 2.67 bits per heavy atom. The van der Waals surface area contributed by atoms with Gasteiger partial charge in [-0.25, -0.2) is 13.4 Å². The molecule has 2 N–H and O–H groups in total. The maximum Gasteiger partial charge on any atom is 0.309 e. The molecule has 2 aromatic heterocycles. The Kier molecular flexibility index (Phi) is 4.01. The van der Waals surface area contributed by atoms with E-state index in [0.717, 1.165) is 11.3 Å². The lowest BCUT2D eigenvalue weighted by molar-refractivity contribution is -0.136. The predicted molar refractivity (Wildman–Crippen MR) is 76.9 cm³/mol. The Hall–Kier alpha value is -1.94. The topological polar surface area (TPSA) is 114 Å². The van der Waals surface area contributed by atoms with Crippen LogP contribution < -0.4 is 4.72 Å². The van der Waals surface area contributed by atoms with Crippen molar-refractivity contribution < 1.29 is 18.3 Å². The molecule has 8 nitrogen and oxygen atoms in total. The van der Waals surface area contributed by atoms with Gasteiger partial charge in [-0.1, -0.05) is 0 Å². The molecule has 0 bridgehead atoms. The standard InChI is InChI=1S/C11H14N4O4S2/c1-6-10(7(2)15(3)13-6)21(18,19)14-11-12-8(5-20-11)4-9(16)17/h5H,4H2,1-3H3,(H,12,14)(H,16,17). The van der Waals surface area contributed by atoms with Gasteiger partial charge in [-0.3, -0.25) is 14.2 Å². The van der Waals surface area contributed by atoms with Gasteiger partial charge in [0.2, 0.25) is 0 Å². The second-order valence-electron chi connectivity index (χ2n) is 4.44. The highest BCUT2D eigenvalue weighted by atomic mass is 32.2. The summed E-state index contributed by atoms with van der Waals surface area (Å²) in [5, 5.41) is 14.4. The van der Waals surface area contributed by atoms with Crippen molar-refractivity contribution in [3.8, 4) is 0 Å². The summed E-state index contributed by atoms with van der Waals surface area (Å²) in [5.41, 5.74) is 1.22. The minimum atomic E-state index is -3.80. The third kappa shape index (κ3) is 3.22. The van der Waals surface area contributed by atoms with E-state index < -0.39 is 16.0 Å². The maximum absolute atomic E-state index is 12.4. The van der Waals surface area contributed by atoms with Gasteiger partial charge in [-0.2, -0.15) is 5.10 Å². The number of sulfonamides is 1. The lowest BCUT2D eigenvalue weighted by Gasteiger charge is -2.05. The number of anilines is 1. The molecule has 10 heteroatoms. The SMILES string of the molecule is Cc1nn(C)c(C)c1S(=O)(=O)Nc1nc(CC(=O)O)cs1. The summed E-state index contributed by atoms with van der Waals surface area (Å²) in [5.74, 6) is -1.02. The first-order valence-corrected chi connectivity index (χ1v) is 8.26. The van der Waals surface area contributed by atoms with Crippen molar-refractivity contribution in [1.82, 2.24) is 14.8 Å². The summed E-state index contributed by atoms with van der Waals surface area (Å²) in [7, 11) is -2.14. The van der Waals surface area contributed by atoms with E-state index in [1.54, 1.807) is 20.9 Å². The number of rotatable bonds is 5. The third-order valence-corrected chi connectivity index (χ3v) is 5.34. The van der Waals surface area contributed by atoms with Crippen LogP contribution in [0.5, 0.6) is 0 Å². The van der Waals surface area contributed by atoms with Gasteiger partial charge in [0.15, 0.2) is 5.13 Å². The number of nitrogens with zero attached hydrogens (tertiary/aromatic N) is 3. The Bertz CT molecular complexity index is 791. The Balaban J connectivity index is 2.29. The van der Waals surface area contributed by atoms with Crippen molar-refractivity contribution in [2.24, 2.45) is 7.05 Å². The summed E-state index contributed by atoms with van der Waals surface area (Å²) in [6.07, 6.45) is -0.247. The third-order valence-electron chi connectivity index (χ3n) is 2.82.